The fourth-order valence-corrected chi connectivity index (χ4v) is 5.70. The molecule has 12 heteroatoms. The summed E-state index contributed by atoms with van der Waals surface area (Å²) < 4.78 is 32.3. The van der Waals surface area contributed by atoms with Crippen molar-refractivity contribution in [3.8, 4) is 5.75 Å². The Labute approximate surface area is 256 Å². The zero-order valence-corrected chi connectivity index (χ0v) is 26.2. The van der Waals surface area contributed by atoms with Crippen LogP contribution in [0.1, 0.15) is 25.0 Å². The van der Waals surface area contributed by atoms with Crippen molar-refractivity contribution in [2.45, 2.75) is 38.9 Å². The van der Waals surface area contributed by atoms with Gasteiger partial charge in [-0.25, -0.2) is 8.42 Å². The number of hydrogen-bond donors (Lipinski definition) is 1. The lowest BCUT2D eigenvalue weighted by atomic mass is 10.0. The van der Waals surface area contributed by atoms with Gasteiger partial charge in [0, 0.05) is 34.1 Å². The molecule has 0 radical (unpaired) electrons. The zero-order valence-electron chi connectivity index (χ0n) is 23.1. The van der Waals surface area contributed by atoms with E-state index in [9.17, 15) is 18.0 Å². The van der Waals surface area contributed by atoms with E-state index in [0.29, 0.717) is 15.6 Å². The van der Waals surface area contributed by atoms with E-state index in [4.69, 9.17) is 39.5 Å². The van der Waals surface area contributed by atoms with Crippen LogP contribution >= 0.6 is 34.8 Å². The highest BCUT2D eigenvalue weighted by atomic mass is 35.5. The Bertz CT molecular complexity index is 1490. The average Bonchev–Trinajstić information content (AvgIpc) is 2.89. The van der Waals surface area contributed by atoms with Crippen molar-refractivity contribution in [3.05, 3.63) is 92.9 Å². The average molecular weight is 641 g/mol. The summed E-state index contributed by atoms with van der Waals surface area (Å²) in [5.41, 5.74) is 1.44. The number of sulfonamides is 1. The van der Waals surface area contributed by atoms with Gasteiger partial charge in [-0.05, 0) is 55.3 Å². The lowest BCUT2D eigenvalue weighted by molar-refractivity contribution is -0.140. The minimum absolute atomic E-state index is 0.0812. The molecular weight excluding hydrogens is 609 g/mol. The van der Waals surface area contributed by atoms with Crippen molar-refractivity contribution >= 4 is 62.3 Å². The molecule has 0 saturated carbocycles. The lowest BCUT2D eigenvalue weighted by Gasteiger charge is -2.34. The highest BCUT2D eigenvalue weighted by Crippen LogP contribution is 2.33. The van der Waals surface area contributed by atoms with Crippen molar-refractivity contribution in [2.75, 3.05) is 24.2 Å². The molecule has 1 atom stereocenters. The second-order valence-electron chi connectivity index (χ2n) is 9.71. The molecule has 0 aliphatic rings. The second kappa shape index (κ2) is 14.3. The van der Waals surface area contributed by atoms with Crippen LogP contribution in [0.5, 0.6) is 5.75 Å². The van der Waals surface area contributed by atoms with Gasteiger partial charge in [0.15, 0.2) is 0 Å². The number of nitrogens with zero attached hydrogens (tertiary/aromatic N) is 2. The van der Waals surface area contributed by atoms with Crippen LogP contribution < -0.4 is 14.4 Å². The van der Waals surface area contributed by atoms with E-state index in [1.807, 2.05) is 44.2 Å². The maximum Gasteiger partial charge on any atom is 0.244 e. The zero-order chi connectivity index (χ0) is 30.3. The third-order valence-electron chi connectivity index (χ3n) is 6.15. The Balaban J connectivity index is 2.13. The lowest BCUT2D eigenvalue weighted by Crippen LogP contribution is -2.54. The number of carbonyl (C=O) groups is 2. The van der Waals surface area contributed by atoms with Crippen LogP contribution in [0, 0.1) is 0 Å². The molecule has 41 heavy (non-hydrogen) atoms. The number of ether oxygens (including phenoxy) is 1. The first-order valence-electron chi connectivity index (χ1n) is 12.7. The molecule has 3 aromatic carbocycles. The molecule has 220 valence electrons. The van der Waals surface area contributed by atoms with Crippen LogP contribution in [0.4, 0.5) is 5.69 Å². The van der Waals surface area contributed by atoms with Gasteiger partial charge in [0.2, 0.25) is 21.8 Å². The summed E-state index contributed by atoms with van der Waals surface area (Å²) in [6.45, 7) is 2.93. The number of nitrogens with one attached hydrogen (secondary N) is 1. The first-order valence-corrected chi connectivity index (χ1v) is 15.7. The fraction of sp³-hybridized carbons (Fsp3) is 0.310. The number of halogens is 3. The normalized spacial score (nSPS) is 12.1. The summed E-state index contributed by atoms with van der Waals surface area (Å²) in [5.74, 6) is -0.824. The molecule has 0 heterocycles. The number of carbonyl (C=O) groups excluding carboxylic acids is 2. The molecule has 0 aliphatic heterocycles. The van der Waals surface area contributed by atoms with Crippen molar-refractivity contribution in [2.24, 2.45) is 0 Å². The van der Waals surface area contributed by atoms with E-state index in [-0.39, 0.29) is 35.5 Å². The van der Waals surface area contributed by atoms with E-state index < -0.39 is 34.4 Å². The van der Waals surface area contributed by atoms with Crippen molar-refractivity contribution < 1.29 is 22.7 Å². The monoisotopic (exact) mass is 639 g/mol. The van der Waals surface area contributed by atoms with Gasteiger partial charge >= 0.3 is 0 Å². The highest BCUT2D eigenvalue weighted by molar-refractivity contribution is 7.92. The topological polar surface area (TPSA) is 96.0 Å². The molecule has 0 aliphatic carbocycles. The van der Waals surface area contributed by atoms with E-state index in [1.54, 1.807) is 24.3 Å². The van der Waals surface area contributed by atoms with Gasteiger partial charge in [0.1, 0.15) is 18.3 Å². The molecule has 0 spiro atoms. The minimum Gasteiger partial charge on any atom is -0.495 e. The molecule has 2 amide bonds. The Hall–Kier alpha value is -2.98. The van der Waals surface area contributed by atoms with E-state index in [0.717, 1.165) is 16.1 Å². The molecule has 3 rings (SSSR count). The first-order chi connectivity index (χ1) is 19.3. The van der Waals surface area contributed by atoms with Crippen LogP contribution in [0.25, 0.3) is 0 Å². The number of methoxy groups -OCH3 is 1. The van der Waals surface area contributed by atoms with E-state index in [2.05, 4.69) is 5.32 Å². The maximum absolute atomic E-state index is 14.2. The molecule has 0 unspecified atom stereocenters. The standard InChI is InChI=1S/C29H32Cl3N3O5S/c1-19(2)33-29(37)26(14-20-8-6-5-7-9-20)34(17-21-10-11-22(30)15-24(21)32)28(36)18-35(41(4,38)39)25-16-23(31)12-13-27(25)40-3/h5-13,15-16,19,26H,14,17-18H2,1-4H3,(H,33,37)/t26-/m1/s1. The maximum atomic E-state index is 14.2. The predicted octanol–water partition coefficient (Wildman–Crippen LogP) is 5.59. The van der Waals surface area contributed by atoms with Gasteiger partial charge < -0.3 is 15.0 Å². The van der Waals surface area contributed by atoms with Crippen molar-refractivity contribution in [1.29, 1.82) is 0 Å². The summed E-state index contributed by atoms with van der Waals surface area (Å²) in [4.78, 5) is 29.1. The fourth-order valence-electron chi connectivity index (χ4n) is 4.22. The smallest absolute Gasteiger partial charge is 0.244 e. The molecule has 0 fully saturated rings. The summed E-state index contributed by atoms with van der Waals surface area (Å²) >= 11 is 18.8. The van der Waals surface area contributed by atoms with Gasteiger partial charge in [0.25, 0.3) is 0 Å². The number of rotatable bonds is 12. The second-order valence-corrected chi connectivity index (χ2v) is 12.9. The van der Waals surface area contributed by atoms with Crippen LogP contribution in [0.3, 0.4) is 0 Å². The first kappa shape index (κ1) is 32.5. The van der Waals surface area contributed by atoms with Crippen LogP contribution in [0.2, 0.25) is 15.1 Å². The third-order valence-corrected chi connectivity index (χ3v) is 8.10. The van der Waals surface area contributed by atoms with Crippen molar-refractivity contribution in [1.82, 2.24) is 10.2 Å². The largest absolute Gasteiger partial charge is 0.495 e. The molecule has 3 aromatic rings. The van der Waals surface area contributed by atoms with Crippen LogP contribution in [-0.2, 0) is 32.6 Å². The van der Waals surface area contributed by atoms with Gasteiger partial charge in [-0.3, -0.25) is 13.9 Å². The van der Waals surface area contributed by atoms with E-state index >= 15 is 0 Å². The number of anilines is 1. The quantitative estimate of drug-likeness (QED) is 0.279. The number of amides is 2. The molecule has 1 N–H and O–H groups in total. The van der Waals surface area contributed by atoms with Gasteiger partial charge in [-0.15, -0.1) is 0 Å². The van der Waals surface area contributed by atoms with Crippen molar-refractivity contribution in [3.63, 3.8) is 0 Å². The summed E-state index contributed by atoms with van der Waals surface area (Å²) in [6, 6.07) is 17.3. The highest BCUT2D eigenvalue weighted by Gasteiger charge is 2.34. The Morgan fingerprint density at radius 2 is 1.59 bits per heavy atom. The number of hydrogen-bond acceptors (Lipinski definition) is 5. The Morgan fingerprint density at radius 3 is 2.17 bits per heavy atom. The van der Waals surface area contributed by atoms with Gasteiger partial charge in [-0.1, -0.05) is 71.2 Å². The SMILES string of the molecule is COc1ccc(Cl)cc1N(CC(=O)N(Cc1ccc(Cl)cc1Cl)[C@H](Cc1ccccc1)C(=O)NC(C)C)S(C)(=O)=O. The minimum atomic E-state index is -4.00. The Morgan fingerprint density at radius 1 is 0.951 bits per heavy atom. The third kappa shape index (κ3) is 9.00. The molecule has 0 saturated heterocycles. The van der Waals surface area contributed by atoms with Gasteiger partial charge in [-0.2, -0.15) is 0 Å². The van der Waals surface area contributed by atoms with E-state index in [1.165, 1.54) is 24.1 Å². The van der Waals surface area contributed by atoms with Gasteiger partial charge in [0.05, 0.1) is 19.1 Å². The Kier molecular flexibility index (Phi) is 11.3. The molecule has 0 bridgehead atoms. The summed E-state index contributed by atoms with van der Waals surface area (Å²) in [7, 11) is -2.62. The number of benzene rings is 3. The molecular formula is C29H32Cl3N3O5S. The molecule has 8 nitrogen and oxygen atoms in total. The van der Waals surface area contributed by atoms with Crippen LogP contribution in [-0.4, -0.2) is 57.1 Å². The molecule has 0 aromatic heterocycles. The predicted molar refractivity (Wildman–Crippen MR) is 164 cm³/mol. The van der Waals surface area contributed by atoms with Crippen LogP contribution in [0.15, 0.2) is 66.7 Å². The summed E-state index contributed by atoms with van der Waals surface area (Å²) in [5, 5.41) is 3.86. The summed E-state index contributed by atoms with van der Waals surface area (Å²) in [6.07, 6.45) is 1.16.